The lowest BCUT2D eigenvalue weighted by atomic mass is 10.1. The van der Waals surface area contributed by atoms with Crippen LogP contribution in [0.15, 0.2) is 41.3 Å². The number of nitro benzene ring substituents is 1. The lowest BCUT2D eigenvalue weighted by Crippen LogP contribution is -2.00. The predicted octanol–water partition coefficient (Wildman–Crippen LogP) is 1.99. The number of non-ortho nitro benzene ring substituents is 1. The molecule has 0 saturated heterocycles. The van der Waals surface area contributed by atoms with Crippen LogP contribution in [0, 0.1) is 10.1 Å². The highest BCUT2D eigenvalue weighted by Crippen LogP contribution is 2.28. The number of hydrogen-bond donors (Lipinski definition) is 1. The first kappa shape index (κ1) is 11.5. The smallest absolute Gasteiger partial charge is 0.282 e. The molecule has 17 heavy (non-hydrogen) atoms. The minimum absolute atomic E-state index is 0.251. The average molecular weight is 253 g/mol. The zero-order valence-electron chi connectivity index (χ0n) is 8.40. The van der Waals surface area contributed by atoms with Crippen molar-refractivity contribution in [2.45, 2.75) is 4.90 Å². The third-order valence-electron chi connectivity index (χ3n) is 2.30. The molecule has 0 amide bonds. The van der Waals surface area contributed by atoms with Gasteiger partial charge in [0, 0.05) is 17.5 Å². The Morgan fingerprint density at radius 3 is 2.41 bits per heavy atom. The number of fused-ring (bicyclic) bond motifs is 1. The second-order valence-corrected chi connectivity index (χ2v) is 4.79. The van der Waals surface area contributed by atoms with Gasteiger partial charge in [-0.15, -0.1) is 0 Å². The first-order valence-corrected chi connectivity index (χ1v) is 5.98. The molecular weight excluding hydrogens is 246 g/mol. The summed E-state index contributed by atoms with van der Waals surface area (Å²) in [4.78, 5) is 9.49. The summed E-state index contributed by atoms with van der Waals surface area (Å²) in [5, 5.41) is 11.3. The van der Waals surface area contributed by atoms with Crippen LogP contribution >= 0.6 is 0 Å². The molecule has 0 aromatic heterocycles. The van der Waals surface area contributed by atoms with Crippen LogP contribution in [0.5, 0.6) is 0 Å². The first-order valence-electron chi connectivity index (χ1n) is 4.54. The molecule has 0 radical (unpaired) electrons. The van der Waals surface area contributed by atoms with E-state index >= 15 is 0 Å². The van der Waals surface area contributed by atoms with E-state index in [-0.39, 0.29) is 11.1 Å². The van der Waals surface area contributed by atoms with Crippen LogP contribution in [-0.2, 0) is 10.1 Å². The molecule has 6 nitrogen and oxygen atoms in total. The molecule has 88 valence electrons. The highest BCUT2D eigenvalue weighted by molar-refractivity contribution is 7.86. The van der Waals surface area contributed by atoms with E-state index in [2.05, 4.69) is 0 Å². The lowest BCUT2D eigenvalue weighted by molar-refractivity contribution is -0.384. The van der Waals surface area contributed by atoms with E-state index in [1.54, 1.807) is 12.1 Å². The molecule has 0 aliphatic rings. The number of nitrogens with zero attached hydrogens (tertiary/aromatic N) is 1. The normalized spacial score (nSPS) is 11.6. The number of nitro groups is 1. The van der Waals surface area contributed by atoms with Gasteiger partial charge in [0.15, 0.2) is 0 Å². The zero-order valence-corrected chi connectivity index (χ0v) is 9.22. The Hall–Kier alpha value is -1.99. The minimum Gasteiger partial charge on any atom is -0.282 e. The van der Waals surface area contributed by atoms with Crippen molar-refractivity contribution in [3.05, 3.63) is 46.5 Å². The molecule has 0 aliphatic carbocycles. The van der Waals surface area contributed by atoms with Crippen molar-refractivity contribution in [3.8, 4) is 0 Å². The van der Waals surface area contributed by atoms with Crippen molar-refractivity contribution >= 4 is 26.6 Å². The standard InChI is InChI=1S/C10H7NO5S/c12-11(13)8-5-7-3-1-2-4-9(7)10(6-8)17(14,15)16/h1-6H,(H,14,15,16). The summed E-state index contributed by atoms with van der Waals surface area (Å²) in [6.07, 6.45) is 0. The van der Waals surface area contributed by atoms with E-state index in [0.29, 0.717) is 5.39 Å². The van der Waals surface area contributed by atoms with Crippen molar-refractivity contribution in [3.63, 3.8) is 0 Å². The van der Waals surface area contributed by atoms with Gasteiger partial charge in [0.1, 0.15) is 4.90 Å². The molecule has 2 rings (SSSR count). The summed E-state index contributed by atoms with van der Waals surface area (Å²) in [7, 11) is -4.49. The number of benzene rings is 2. The molecule has 2 aromatic carbocycles. The Balaban J connectivity index is 2.93. The fraction of sp³-hybridized carbons (Fsp3) is 0. The van der Waals surface area contributed by atoms with Crippen LogP contribution in [-0.4, -0.2) is 17.9 Å². The van der Waals surface area contributed by atoms with Crippen LogP contribution in [0.1, 0.15) is 0 Å². The van der Waals surface area contributed by atoms with E-state index in [1.165, 1.54) is 18.2 Å². The molecule has 0 unspecified atom stereocenters. The largest absolute Gasteiger partial charge is 0.295 e. The Labute approximate surface area is 96.4 Å². The maximum Gasteiger partial charge on any atom is 0.295 e. The van der Waals surface area contributed by atoms with E-state index in [9.17, 15) is 18.5 Å². The van der Waals surface area contributed by atoms with E-state index in [1.807, 2.05) is 0 Å². The topological polar surface area (TPSA) is 97.5 Å². The first-order chi connectivity index (χ1) is 7.89. The molecule has 7 heteroatoms. The third kappa shape index (κ3) is 2.10. The fourth-order valence-electron chi connectivity index (χ4n) is 1.58. The number of rotatable bonds is 2. The van der Waals surface area contributed by atoms with Gasteiger partial charge in [0.05, 0.1) is 4.92 Å². The lowest BCUT2D eigenvalue weighted by Gasteiger charge is -2.03. The maximum atomic E-state index is 11.2. The predicted molar refractivity (Wildman–Crippen MR) is 60.4 cm³/mol. The summed E-state index contributed by atoms with van der Waals surface area (Å²) in [6.45, 7) is 0. The van der Waals surface area contributed by atoms with Crippen LogP contribution in [0.2, 0.25) is 0 Å². The van der Waals surface area contributed by atoms with Gasteiger partial charge in [0.25, 0.3) is 15.8 Å². The summed E-state index contributed by atoms with van der Waals surface area (Å²) >= 11 is 0. The van der Waals surface area contributed by atoms with Gasteiger partial charge < -0.3 is 0 Å². The zero-order chi connectivity index (χ0) is 12.6. The molecule has 1 N–H and O–H groups in total. The monoisotopic (exact) mass is 253 g/mol. The highest BCUT2D eigenvalue weighted by Gasteiger charge is 2.19. The molecule has 2 aromatic rings. The van der Waals surface area contributed by atoms with Crippen LogP contribution < -0.4 is 0 Å². The molecule has 0 heterocycles. The summed E-state index contributed by atoms with van der Waals surface area (Å²) in [6, 6.07) is 8.32. The van der Waals surface area contributed by atoms with Crippen LogP contribution in [0.25, 0.3) is 10.8 Å². The second-order valence-electron chi connectivity index (χ2n) is 3.40. The van der Waals surface area contributed by atoms with Crippen LogP contribution in [0.3, 0.4) is 0 Å². The van der Waals surface area contributed by atoms with Crippen LogP contribution in [0.4, 0.5) is 5.69 Å². The van der Waals surface area contributed by atoms with Gasteiger partial charge in [-0.2, -0.15) is 8.42 Å². The van der Waals surface area contributed by atoms with Crippen molar-refractivity contribution in [2.24, 2.45) is 0 Å². The molecule has 0 fully saturated rings. The quantitative estimate of drug-likeness (QED) is 0.501. The van der Waals surface area contributed by atoms with Gasteiger partial charge in [0.2, 0.25) is 0 Å². The Kier molecular flexibility index (Phi) is 2.56. The molecule has 0 saturated carbocycles. The SMILES string of the molecule is O=[N+]([O-])c1cc(S(=O)(=O)O)c2ccccc2c1. The Bertz CT molecular complexity index is 708. The van der Waals surface area contributed by atoms with Gasteiger partial charge in [-0.3, -0.25) is 14.7 Å². The van der Waals surface area contributed by atoms with E-state index in [4.69, 9.17) is 4.55 Å². The van der Waals surface area contributed by atoms with Crippen molar-refractivity contribution in [1.82, 2.24) is 0 Å². The Morgan fingerprint density at radius 2 is 1.82 bits per heavy atom. The van der Waals surface area contributed by atoms with Gasteiger partial charge in [-0.25, -0.2) is 0 Å². The van der Waals surface area contributed by atoms with Gasteiger partial charge in [-0.1, -0.05) is 24.3 Å². The summed E-state index contributed by atoms with van der Waals surface area (Å²) in [5.41, 5.74) is -0.378. The minimum atomic E-state index is -4.49. The third-order valence-corrected chi connectivity index (χ3v) is 3.19. The maximum absolute atomic E-state index is 11.2. The molecule has 0 spiro atoms. The molecule has 0 aliphatic heterocycles. The Morgan fingerprint density at radius 1 is 1.18 bits per heavy atom. The summed E-state index contributed by atoms with van der Waals surface area (Å²) < 4.78 is 31.4. The van der Waals surface area contributed by atoms with Gasteiger partial charge >= 0.3 is 0 Å². The molecule has 0 bridgehead atoms. The summed E-state index contributed by atoms with van der Waals surface area (Å²) in [5.74, 6) is 0. The average Bonchev–Trinajstić information content (AvgIpc) is 2.26. The molecular formula is C10H7NO5S. The van der Waals surface area contributed by atoms with Gasteiger partial charge in [-0.05, 0) is 5.39 Å². The van der Waals surface area contributed by atoms with Crippen molar-refractivity contribution < 1.29 is 17.9 Å². The van der Waals surface area contributed by atoms with E-state index in [0.717, 1.165) is 6.07 Å². The molecule has 0 atom stereocenters. The number of hydrogen-bond acceptors (Lipinski definition) is 4. The van der Waals surface area contributed by atoms with Crippen molar-refractivity contribution in [2.75, 3.05) is 0 Å². The van der Waals surface area contributed by atoms with Crippen molar-refractivity contribution in [1.29, 1.82) is 0 Å². The van der Waals surface area contributed by atoms with E-state index < -0.39 is 19.9 Å². The highest BCUT2D eigenvalue weighted by atomic mass is 32.2. The fourth-order valence-corrected chi connectivity index (χ4v) is 2.31. The second kappa shape index (κ2) is 3.79.